The number of para-hydroxylation sites is 4. The van der Waals surface area contributed by atoms with E-state index in [1.165, 1.54) is 80.7 Å². The van der Waals surface area contributed by atoms with E-state index in [0.29, 0.717) is 0 Å². The Kier molecular flexibility index (Phi) is 6.50. The Hall–Kier alpha value is -7.01. The summed E-state index contributed by atoms with van der Waals surface area (Å²) in [5.41, 5.74) is 13.9. The third-order valence-corrected chi connectivity index (χ3v) is 12.6. The van der Waals surface area contributed by atoms with Gasteiger partial charge in [-0.25, -0.2) is 4.98 Å². The number of benzene rings is 8. The summed E-state index contributed by atoms with van der Waals surface area (Å²) in [5.74, 6) is 0. The second-order valence-electron chi connectivity index (χ2n) is 14.4. The summed E-state index contributed by atoms with van der Waals surface area (Å²) in [6.45, 7) is 0. The molecule has 0 amide bonds. The molecule has 4 heteroatoms. The number of imidazole rings is 1. The van der Waals surface area contributed by atoms with Gasteiger partial charge in [0.2, 0.25) is 0 Å². The molecular formula is C51H31N3S. The summed E-state index contributed by atoms with van der Waals surface area (Å²) in [6, 6.07) is 68.3. The number of aromatic nitrogens is 3. The van der Waals surface area contributed by atoms with Crippen molar-refractivity contribution in [1.82, 2.24) is 14.0 Å². The van der Waals surface area contributed by atoms with Crippen molar-refractivity contribution >= 4 is 80.8 Å². The maximum absolute atomic E-state index is 5.22. The van der Waals surface area contributed by atoms with Crippen LogP contribution in [-0.4, -0.2) is 14.0 Å². The van der Waals surface area contributed by atoms with Gasteiger partial charge >= 0.3 is 0 Å². The molecule has 55 heavy (non-hydrogen) atoms. The van der Waals surface area contributed by atoms with Crippen molar-refractivity contribution in [2.24, 2.45) is 0 Å². The quantitative estimate of drug-likeness (QED) is 0.178. The number of thiophene rings is 1. The molecule has 0 aliphatic rings. The molecular weight excluding hydrogens is 687 g/mol. The Balaban J connectivity index is 0.944. The van der Waals surface area contributed by atoms with Gasteiger partial charge in [-0.2, -0.15) is 0 Å². The van der Waals surface area contributed by atoms with Gasteiger partial charge in [-0.15, -0.1) is 11.3 Å². The summed E-state index contributed by atoms with van der Waals surface area (Å²) >= 11 is 1.86. The topological polar surface area (TPSA) is 22.2 Å². The minimum atomic E-state index is 1.01. The first-order valence-electron chi connectivity index (χ1n) is 18.7. The fourth-order valence-corrected chi connectivity index (χ4v) is 9.98. The highest BCUT2D eigenvalue weighted by atomic mass is 32.1. The molecule has 4 aromatic heterocycles. The van der Waals surface area contributed by atoms with Crippen LogP contribution in [0.2, 0.25) is 0 Å². The van der Waals surface area contributed by atoms with E-state index >= 15 is 0 Å². The fourth-order valence-electron chi connectivity index (χ4n) is 8.68. The Morgan fingerprint density at radius 3 is 1.78 bits per heavy atom. The van der Waals surface area contributed by atoms with Gasteiger partial charge in [-0.3, -0.25) is 4.40 Å². The van der Waals surface area contributed by atoms with Crippen LogP contribution in [0.15, 0.2) is 188 Å². The Bertz CT molecular complexity index is 3460. The molecule has 0 aliphatic heterocycles. The second kappa shape index (κ2) is 11.7. The van der Waals surface area contributed by atoms with Gasteiger partial charge in [-0.1, -0.05) is 146 Å². The molecule has 0 saturated carbocycles. The molecule has 0 bridgehead atoms. The summed E-state index contributed by atoms with van der Waals surface area (Å²) in [4.78, 5) is 5.22. The van der Waals surface area contributed by atoms with Crippen molar-refractivity contribution in [3.8, 4) is 39.2 Å². The average molecular weight is 718 g/mol. The van der Waals surface area contributed by atoms with Crippen molar-refractivity contribution in [2.75, 3.05) is 0 Å². The van der Waals surface area contributed by atoms with Crippen LogP contribution < -0.4 is 0 Å². The predicted molar refractivity (Wildman–Crippen MR) is 234 cm³/mol. The molecule has 0 spiro atoms. The first-order chi connectivity index (χ1) is 27.3. The van der Waals surface area contributed by atoms with E-state index in [9.17, 15) is 0 Å². The third kappa shape index (κ3) is 4.59. The molecule has 0 saturated heterocycles. The molecule has 0 unspecified atom stereocenters. The van der Waals surface area contributed by atoms with Gasteiger partial charge < -0.3 is 4.57 Å². The van der Waals surface area contributed by atoms with Crippen LogP contribution in [0.1, 0.15) is 0 Å². The molecule has 0 atom stereocenters. The van der Waals surface area contributed by atoms with Gasteiger partial charge in [0.05, 0.1) is 32.5 Å². The Labute approximate surface area is 320 Å². The summed E-state index contributed by atoms with van der Waals surface area (Å²) in [6.07, 6.45) is 0. The SMILES string of the molecule is c1ccc(-n2c3ccccc3c3ccc(-c4ccc(-c5ccc(-c6cc7c8ccc9ccccc9c8sc7c7nc8ccccc8n67)cc5)cc4)cc32)cc1. The van der Waals surface area contributed by atoms with Crippen LogP contribution in [0.4, 0.5) is 0 Å². The van der Waals surface area contributed by atoms with Crippen molar-refractivity contribution in [2.45, 2.75) is 0 Å². The first kappa shape index (κ1) is 30.5. The minimum absolute atomic E-state index is 1.01. The summed E-state index contributed by atoms with van der Waals surface area (Å²) in [7, 11) is 0. The molecule has 12 rings (SSSR count). The van der Waals surface area contributed by atoms with Gasteiger partial charge in [0.15, 0.2) is 5.65 Å². The normalized spacial score (nSPS) is 12.0. The lowest BCUT2D eigenvalue weighted by Crippen LogP contribution is -1.93. The van der Waals surface area contributed by atoms with E-state index in [0.717, 1.165) is 27.9 Å². The zero-order chi connectivity index (χ0) is 36.0. The van der Waals surface area contributed by atoms with E-state index < -0.39 is 0 Å². The Morgan fingerprint density at radius 2 is 0.982 bits per heavy atom. The third-order valence-electron chi connectivity index (χ3n) is 11.3. The molecule has 4 heterocycles. The predicted octanol–water partition coefficient (Wildman–Crippen LogP) is 14.1. The zero-order valence-corrected chi connectivity index (χ0v) is 30.5. The highest BCUT2D eigenvalue weighted by Gasteiger charge is 2.19. The maximum atomic E-state index is 5.22. The van der Waals surface area contributed by atoms with Crippen LogP contribution in [0, 0.1) is 0 Å². The number of rotatable bonds is 4. The molecule has 0 radical (unpaired) electrons. The van der Waals surface area contributed by atoms with Gasteiger partial charge in [-0.05, 0) is 81.1 Å². The average Bonchev–Trinajstić information content (AvgIpc) is 3.94. The lowest BCUT2D eigenvalue weighted by molar-refractivity contribution is 1.18. The molecule has 256 valence electrons. The molecule has 0 N–H and O–H groups in total. The highest BCUT2D eigenvalue weighted by Crippen LogP contribution is 2.43. The summed E-state index contributed by atoms with van der Waals surface area (Å²) < 4.78 is 7.28. The maximum Gasteiger partial charge on any atom is 0.156 e. The highest BCUT2D eigenvalue weighted by molar-refractivity contribution is 7.27. The molecule has 12 aromatic rings. The van der Waals surface area contributed by atoms with Crippen molar-refractivity contribution < 1.29 is 0 Å². The number of nitrogens with zero attached hydrogens (tertiary/aromatic N) is 3. The molecule has 0 fully saturated rings. The van der Waals surface area contributed by atoms with Crippen LogP contribution in [0.3, 0.4) is 0 Å². The molecule has 3 nitrogen and oxygen atoms in total. The van der Waals surface area contributed by atoms with E-state index in [1.807, 2.05) is 11.3 Å². The number of fused-ring (bicyclic) bond motifs is 12. The Morgan fingerprint density at radius 1 is 0.382 bits per heavy atom. The zero-order valence-electron chi connectivity index (χ0n) is 29.6. The van der Waals surface area contributed by atoms with E-state index in [1.54, 1.807) is 0 Å². The van der Waals surface area contributed by atoms with Gasteiger partial charge in [0.1, 0.15) is 0 Å². The number of pyridine rings is 1. The fraction of sp³-hybridized carbons (Fsp3) is 0. The van der Waals surface area contributed by atoms with E-state index in [2.05, 4.69) is 197 Å². The van der Waals surface area contributed by atoms with E-state index in [-0.39, 0.29) is 0 Å². The largest absolute Gasteiger partial charge is 0.309 e. The van der Waals surface area contributed by atoms with Gasteiger partial charge in [0.25, 0.3) is 0 Å². The molecule has 8 aromatic carbocycles. The van der Waals surface area contributed by atoms with E-state index in [4.69, 9.17) is 4.98 Å². The summed E-state index contributed by atoms with van der Waals surface area (Å²) in [5, 5.41) is 7.63. The number of hydrogen-bond donors (Lipinski definition) is 0. The van der Waals surface area contributed by atoms with Crippen molar-refractivity contribution in [1.29, 1.82) is 0 Å². The lowest BCUT2D eigenvalue weighted by Gasteiger charge is -2.11. The first-order valence-corrected chi connectivity index (χ1v) is 19.5. The minimum Gasteiger partial charge on any atom is -0.309 e. The van der Waals surface area contributed by atoms with Crippen LogP contribution in [0.25, 0.3) is 109 Å². The lowest BCUT2D eigenvalue weighted by atomic mass is 9.98. The number of hydrogen-bond acceptors (Lipinski definition) is 2. The van der Waals surface area contributed by atoms with Gasteiger partial charge in [0, 0.05) is 31.9 Å². The standard InChI is InChI=1S/C51H31N3S/c1-2-11-38(12-3-1)53-45-16-8-6-14-40(45)41-28-27-37(30-48(41)53)34-20-18-32(19-21-34)33-22-24-36(25-23-33)47-31-43-42-29-26-35-10-4-5-13-39(35)49(42)55-50(43)51-52-44-15-7-9-17-46(44)54(47)51/h1-31H. The van der Waals surface area contributed by atoms with Crippen LogP contribution in [-0.2, 0) is 0 Å². The van der Waals surface area contributed by atoms with Crippen LogP contribution in [0.5, 0.6) is 0 Å². The smallest absolute Gasteiger partial charge is 0.156 e. The van der Waals surface area contributed by atoms with Crippen molar-refractivity contribution in [3.05, 3.63) is 188 Å². The molecule has 0 aliphatic carbocycles. The van der Waals surface area contributed by atoms with Crippen LogP contribution >= 0.6 is 11.3 Å². The van der Waals surface area contributed by atoms with Crippen molar-refractivity contribution in [3.63, 3.8) is 0 Å². The monoisotopic (exact) mass is 717 g/mol. The second-order valence-corrected chi connectivity index (χ2v) is 15.4.